The minimum absolute atomic E-state index is 0.928. The monoisotopic (exact) mass is 241 g/mol. The zero-order valence-corrected chi connectivity index (χ0v) is 12.6. The van der Waals surface area contributed by atoms with Gasteiger partial charge in [0.2, 0.25) is 0 Å². The van der Waals surface area contributed by atoms with Gasteiger partial charge in [0.05, 0.1) is 0 Å². The van der Waals surface area contributed by atoms with E-state index in [2.05, 4.69) is 26.1 Å². The molecule has 0 aliphatic rings. The molecule has 0 saturated carbocycles. The summed E-state index contributed by atoms with van der Waals surface area (Å²) < 4.78 is 0. The molecule has 1 unspecified atom stereocenters. The van der Waals surface area contributed by atoms with E-state index in [1.807, 2.05) is 0 Å². The summed E-state index contributed by atoms with van der Waals surface area (Å²) in [7, 11) is 0. The van der Waals surface area contributed by atoms with Crippen molar-refractivity contribution in [2.45, 2.75) is 85.0 Å². The van der Waals surface area contributed by atoms with E-state index in [1.165, 1.54) is 77.3 Å². The van der Waals surface area contributed by atoms with E-state index in [4.69, 9.17) is 0 Å². The Hall–Kier alpha value is -0.0400. The average molecular weight is 241 g/mol. The van der Waals surface area contributed by atoms with E-state index in [0.29, 0.717) is 0 Å². The van der Waals surface area contributed by atoms with Crippen molar-refractivity contribution >= 4 is 0 Å². The molecule has 0 aromatic heterocycles. The Morgan fingerprint density at radius 3 is 2.06 bits per heavy atom. The van der Waals surface area contributed by atoms with Crippen molar-refractivity contribution in [1.82, 2.24) is 5.32 Å². The maximum absolute atomic E-state index is 3.58. The highest BCUT2D eigenvalue weighted by molar-refractivity contribution is 4.62. The van der Waals surface area contributed by atoms with Crippen LogP contribution in [0.2, 0.25) is 0 Å². The SMILES string of the molecule is CCCCCCCCC(CCC)CNCCC. The summed E-state index contributed by atoms with van der Waals surface area (Å²) in [5, 5.41) is 3.58. The van der Waals surface area contributed by atoms with Crippen LogP contribution in [0.3, 0.4) is 0 Å². The van der Waals surface area contributed by atoms with Crippen LogP contribution in [0.15, 0.2) is 0 Å². The van der Waals surface area contributed by atoms with Crippen molar-refractivity contribution in [2.75, 3.05) is 13.1 Å². The first kappa shape index (κ1) is 17.0. The lowest BCUT2D eigenvalue weighted by molar-refractivity contribution is 0.395. The molecule has 17 heavy (non-hydrogen) atoms. The van der Waals surface area contributed by atoms with Crippen LogP contribution in [0.1, 0.15) is 85.0 Å². The van der Waals surface area contributed by atoms with Crippen LogP contribution in [-0.4, -0.2) is 13.1 Å². The van der Waals surface area contributed by atoms with Gasteiger partial charge >= 0.3 is 0 Å². The van der Waals surface area contributed by atoms with Crippen LogP contribution in [0.5, 0.6) is 0 Å². The molecule has 0 aromatic carbocycles. The number of hydrogen-bond donors (Lipinski definition) is 1. The van der Waals surface area contributed by atoms with Crippen LogP contribution in [0, 0.1) is 5.92 Å². The van der Waals surface area contributed by atoms with Crippen molar-refractivity contribution in [3.05, 3.63) is 0 Å². The molecule has 0 aromatic rings. The largest absolute Gasteiger partial charge is 0.316 e. The second-order valence-corrected chi connectivity index (χ2v) is 5.42. The van der Waals surface area contributed by atoms with Crippen LogP contribution in [0.4, 0.5) is 0 Å². The Kier molecular flexibility index (Phi) is 14.0. The summed E-state index contributed by atoms with van der Waals surface area (Å²) in [6.45, 7) is 9.29. The Morgan fingerprint density at radius 2 is 1.41 bits per heavy atom. The molecule has 104 valence electrons. The molecule has 0 bridgehead atoms. The minimum Gasteiger partial charge on any atom is -0.316 e. The van der Waals surface area contributed by atoms with E-state index in [9.17, 15) is 0 Å². The molecule has 0 radical (unpaired) electrons. The topological polar surface area (TPSA) is 12.0 Å². The normalized spacial score (nSPS) is 12.9. The average Bonchev–Trinajstić information content (AvgIpc) is 2.34. The summed E-state index contributed by atoms with van der Waals surface area (Å²) >= 11 is 0. The van der Waals surface area contributed by atoms with Gasteiger partial charge in [-0.25, -0.2) is 0 Å². The van der Waals surface area contributed by atoms with Gasteiger partial charge in [-0.15, -0.1) is 0 Å². The first-order valence-corrected chi connectivity index (χ1v) is 8.05. The standard InChI is InChI=1S/C16H35N/c1-4-7-8-9-10-11-13-16(12-5-2)15-17-14-6-3/h16-17H,4-15H2,1-3H3. The summed E-state index contributed by atoms with van der Waals surface area (Å²) in [4.78, 5) is 0. The highest BCUT2D eigenvalue weighted by Gasteiger charge is 2.06. The van der Waals surface area contributed by atoms with Gasteiger partial charge in [0, 0.05) is 0 Å². The summed E-state index contributed by atoms with van der Waals surface area (Å²) in [6.07, 6.45) is 14.0. The van der Waals surface area contributed by atoms with E-state index in [0.717, 1.165) is 5.92 Å². The highest BCUT2D eigenvalue weighted by atomic mass is 14.8. The molecule has 0 aliphatic heterocycles. The number of nitrogens with one attached hydrogen (secondary N) is 1. The van der Waals surface area contributed by atoms with E-state index < -0.39 is 0 Å². The molecular weight excluding hydrogens is 206 g/mol. The zero-order chi connectivity index (χ0) is 12.8. The minimum atomic E-state index is 0.928. The Bertz CT molecular complexity index is 133. The smallest absolute Gasteiger partial charge is 0.00205 e. The van der Waals surface area contributed by atoms with Crippen LogP contribution in [-0.2, 0) is 0 Å². The lowest BCUT2D eigenvalue weighted by atomic mass is 9.96. The quantitative estimate of drug-likeness (QED) is 0.440. The fourth-order valence-electron chi connectivity index (χ4n) is 2.45. The van der Waals surface area contributed by atoms with Gasteiger partial charge in [0.25, 0.3) is 0 Å². The maximum atomic E-state index is 3.58. The fraction of sp³-hybridized carbons (Fsp3) is 1.00. The number of rotatable bonds is 13. The molecule has 1 nitrogen and oxygen atoms in total. The van der Waals surface area contributed by atoms with E-state index in [-0.39, 0.29) is 0 Å². The van der Waals surface area contributed by atoms with Crippen molar-refractivity contribution in [3.63, 3.8) is 0 Å². The zero-order valence-electron chi connectivity index (χ0n) is 12.6. The van der Waals surface area contributed by atoms with Gasteiger partial charge in [0.1, 0.15) is 0 Å². The fourth-order valence-corrected chi connectivity index (χ4v) is 2.45. The molecule has 0 amide bonds. The third-order valence-corrected chi connectivity index (χ3v) is 3.52. The predicted octanol–water partition coefficient (Wildman–Crippen LogP) is 5.15. The highest BCUT2D eigenvalue weighted by Crippen LogP contribution is 2.16. The summed E-state index contributed by atoms with van der Waals surface area (Å²) in [5.41, 5.74) is 0. The molecule has 0 aliphatic carbocycles. The van der Waals surface area contributed by atoms with Gasteiger partial charge in [-0.05, 0) is 38.3 Å². The molecule has 0 rings (SSSR count). The summed E-state index contributed by atoms with van der Waals surface area (Å²) in [6, 6.07) is 0. The lowest BCUT2D eigenvalue weighted by Crippen LogP contribution is -2.23. The Morgan fingerprint density at radius 1 is 0.706 bits per heavy atom. The van der Waals surface area contributed by atoms with Crippen molar-refractivity contribution in [3.8, 4) is 0 Å². The third kappa shape index (κ3) is 12.2. The number of hydrogen-bond acceptors (Lipinski definition) is 1. The second kappa shape index (κ2) is 14.0. The first-order valence-electron chi connectivity index (χ1n) is 8.05. The maximum Gasteiger partial charge on any atom is -0.00205 e. The van der Waals surface area contributed by atoms with Crippen LogP contribution in [0.25, 0.3) is 0 Å². The first-order chi connectivity index (χ1) is 8.35. The predicted molar refractivity (Wildman–Crippen MR) is 79.6 cm³/mol. The van der Waals surface area contributed by atoms with Gasteiger partial charge in [-0.1, -0.05) is 65.7 Å². The van der Waals surface area contributed by atoms with Crippen LogP contribution < -0.4 is 5.32 Å². The van der Waals surface area contributed by atoms with Gasteiger partial charge < -0.3 is 5.32 Å². The molecule has 0 fully saturated rings. The molecule has 0 spiro atoms. The molecule has 0 heterocycles. The lowest BCUT2D eigenvalue weighted by Gasteiger charge is -2.16. The second-order valence-electron chi connectivity index (χ2n) is 5.42. The van der Waals surface area contributed by atoms with Crippen molar-refractivity contribution in [1.29, 1.82) is 0 Å². The molecule has 1 atom stereocenters. The van der Waals surface area contributed by atoms with Crippen molar-refractivity contribution in [2.24, 2.45) is 5.92 Å². The molecular formula is C16H35N. The van der Waals surface area contributed by atoms with E-state index in [1.54, 1.807) is 0 Å². The molecule has 0 saturated heterocycles. The molecule has 1 heteroatoms. The molecule has 1 N–H and O–H groups in total. The van der Waals surface area contributed by atoms with Gasteiger partial charge in [0.15, 0.2) is 0 Å². The summed E-state index contributed by atoms with van der Waals surface area (Å²) in [5.74, 6) is 0.928. The Labute approximate surface area is 110 Å². The van der Waals surface area contributed by atoms with Gasteiger partial charge in [-0.2, -0.15) is 0 Å². The van der Waals surface area contributed by atoms with Gasteiger partial charge in [-0.3, -0.25) is 0 Å². The Balaban J connectivity index is 3.41. The third-order valence-electron chi connectivity index (χ3n) is 3.52. The van der Waals surface area contributed by atoms with Crippen molar-refractivity contribution < 1.29 is 0 Å². The van der Waals surface area contributed by atoms with E-state index >= 15 is 0 Å². The number of unbranched alkanes of at least 4 members (excludes halogenated alkanes) is 5. The van der Waals surface area contributed by atoms with Crippen LogP contribution >= 0.6 is 0 Å².